The number of aromatic nitrogens is 6. The molecule has 0 aliphatic carbocycles. The van der Waals surface area contributed by atoms with Crippen molar-refractivity contribution >= 4 is 11.6 Å². The molecule has 12 heteroatoms. The molecule has 0 bridgehead atoms. The van der Waals surface area contributed by atoms with E-state index in [4.69, 9.17) is 10.4 Å². The number of hydrogen-bond acceptors (Lipinski definition) is 7. The Hall–Kier alpha value is -4.24. The normalized spacial score (nSPS) is 12.4. The third kappa shape index (κ3) is 5.78. The Bertz CT molecular complexity index is 1500. The molecule has 0 aliphatic heterocycles. The topological polar surface area (TPSA) is 117 Å². The first-order chi connectivity index (χ1) is 18.5. The predicted molar refractivity (Wildman–Crippen MR) is 140 cm³/mol. The molecule has 0 spiro atoms. The molecule has 0 fully saturated rings. The van der Waals surface area contributed by atoms with Crippen molar-refractivity contribution in [3.63, 3.8) is 0 Å². The number of nitrogens with zero attached hydrogens (tertiary/aromatic N) is 7. The number of halogens is 3. The average molecular weight is 539 g/mol. The summed E-state index contributed by atoms with van der Waals surface area (Å²) in [7, 11) is 0. The van der Waals surface area contributed by atoms with Gasteiger partial charge in [0.05, 0.1) is 23.0 Å². The zero-order valence-corrected chi connectivity index (χ0v) is 22.1. The van der Waals surface area contributed by atoms with Crippen molar-refractivity contribution in [2.45, 2.75) is 65.8 Å². The first-order valence-corrected chi connectivity index (χ1v) is 12.5. The number of nitrogens with one attached hydrogen (secondary N) is 1. The summed E-state index contributed by atoms with van der Waals surface area (Å²) in [6.45, 7) is 7.60. The SMILES string of the molecule is CCCCCn1nc(-c2ccc(C#N)cc2)c(C)c1Nc1cc(-n2nc(C)c(C(O)C(F)(F)F)c2C)ncn1. The van der Waals surface area contributed by atoms with Crippen LogP contribution in [0, 0.1) is 32.1 Å². The van der Waals surface area contributed by atoms with Crippen LogP contribution in [-0.4, -0.2) is 40.8 Å². The van der Waals surface area contributed by atoms with Crippen molar-refractivity contribution in [1.82, 2.24) is 29.5 Å². The van der Waals surface area contributed by atoms with E-state index in [2.05, 4.69) is 33.4 Å². The lowest BCUT2D eigenvalue weighted by atomic mass is 10.1. The largest absolute Gasteiger partial charge is 0.418 e. The highest BCUT2D eigenvalue weighted by Crippen LogP contribution is 2.36. The van der Waals surface area contributed by atoms with Crippen LogP contribution in [0.25, 0.3) is 17.1 Å². The van der Waals surface area contributed by atoms with Crippen molar-refractivity contribution in [3.8, 4) is 23.1 Å². The molecular formula is C27H29F3N8O. The number of unbranched alkanes of at least 4 members (excludes halogenated alkanes) is 2. The zero-order chi connectivity index (χ0) is 28.3. The summed E-state index contributed by atoms with van der Waals surface area (Å²) in [5.74, 6) is 1.36. The molecule has 0 amide bonds. The second-order valence-corrected chi connectivity index (χ2v) is 9.27. The maximum absolute atomic E-state index is 13.2. The number of hydrogen-bond donors (Lipinski definition) is 2. The van der Waals surface area contributed by atoms with E-state index in [1.54, 1.807) is 18.2 Å². The summed E-state index contributed by atoms with van der Waals surface area (Å²) >= 11 is 0. The van der Waals surface area contributed by atoms with Gasteiger partial charge in [-0.2, -0.15) is 28.6 Å². The lowest BCUT2D eigenvalue weighted by molar-refractivity contribution is -0.207. The average Bonchev–Trinajstić information content (AvgIpc) is 3.38. The highest BCUT2D eigenvalue weighted by Gasteiger charge is 2.42. The van der Waals surface area contributed by atoms with Gasteiger partial charge in [-0.1, -0.05) is 31.9 Å². The van der Waals surface area contributed by atoms with Crippen LogP contribution in [-0.2, 0) is 6.54 Å². The van der Waals surface area contributed by atoms with Crippen LogP contribution < -0.4 is 5.32 Å². The Morgan fingerprint density at radius 1 is 1.08 bits per heavy atom. The molecule has 4 aromatic rings. The van der Waals surface area contributed by atoms with Crippen LogP contribution in [0.15, 0.2) is 36.7 Å². The molecule has 9 nitrogen and oxygen atoms in total. The van der Waals surface area contributed by atoms with Crippen molar-refractivity contribution in [2.75, 3.05) is 5.32 Å². The minimum absolute atomic E-state index is 0.0577. The summed E-state index contributed by atoms with van der Waals surface area (Å²) in [5, 5.41) is 31.3. The third-order valence-electron chi connectivity index (χ3n) is 6.50. The van der Waals surface area contributed by atoms with Gasteiger partial charge in [0.1, 0.15) is 18.0 Å². The number of anilines is 2. The van der Waals surface area contributed by atoms with Crippen LogP contribution in [0.4, 0.5) is 24.8 Å². The molecule has 0 saturated heterocycles. The first kappa shape index (κ1) is 27.8. The summed E-state index contributed by atoms with van der Waals surface area (Å²) in [4.78, 5) is 8.51. The summed E-state index contributed by atoms with van der Waals surface area (Å²) in [6.07, 6.45) is -3.17. The van der Waals surface area contributed by atoms with E-state index in [1.807, 2.05) is 23.7 Å². The maximum Gasteiger partial charge on any atom is 0.418 e. The molecule has 0 aliphatic rings. The van der Waals surface area contributed by atoms with Gasteiger partial charge in [-0.15, -0.1) is 0 Å². The molecule has 204 valence electrons. The fraction of sp³-hybridized carbons (Fsp3) is 0.370. The maximum atomic E-state index is 13.2. The molecule has 4 rings (SSSR count). The van der Waals surface area contributed by atoms with Crippen molar-refractivity contribution in [3.05, 3.63) is 64.7 Å². The Balaban J connectivity index is 1.70. The smallest absolute Gasteiger partial charge is 0.379 e. The Labute approximate surface area is 224 Å². The molecule has 3 heterocycles. The van der Waals surface area contributed by atoms with E-state index in [1.165, 1.54) is 24.9 Å². The van der Waals surface area contributed by atoms with E-state index >= 15 is 0 Å². The lowest BCUT2D eigenvalue weighted by Crippen LogP contribution is -2.21. The molecule has 1 atom stereocenters. The minimum atomic E-state index is -4.82. The van der Waals surface area contributed by atoms with Gasteiger partial charge in [-0.25, -0.2) is 19.3 Å². The summed E-state index contributed by atoms with van der Waals surface area (Å²) in [5.41, 5.74) is 2.95. The second kappa shape index (κ2) is 11.2. The van der Waals surface area contributed by atoms with E-state index in [-0.39, 0.29) is 22.8 Å². The summed E-state index contributed by atoms with van der Waals surface area (Å²) < 4.78 is 42.8. The van der Waals surface area contributed by atoms with Crippen LogP contribution in [0.5, 0.6) is 0 Å². The summed E-state index contributed by atoms with van der Waals surface area (Å²) in [6, 6.07) is 10.9. The Morgan fingerprint density at radius 2 is 1.79 bits per heavy atom. The van der Waals surface area contributed by atoms with Gasteiger partial charge in [-0.3, -0.25) is 0 Å². The Kier molecular flexibility index (Phi) is 8.01. The monoisotopic (exact) mass is 538 g/mol. The van der Waals surface area contributed by atoms with Gasteiger partial charge in [0.2, 0.25) is 0 Å². The third-order valence-corrected chi connectivity index (χ3v) is 6.50. The standard InChI is InChI=1S/C27H29F3N8O/c1-5-6-7-12-37-26(16(2)24(36-37)20-10-8-19(14-31)9-11-20)34-21-13-22(33-15-32-21)38-18(4)23(17(3)35-38)25(39)27(28,29)30/h8-11,13,15,25,39H,5-7,12H2,1-4H3,(H,32,33,34). The number of nitriles is 1. The van der Waals surface area contributed by atoms with E-state index in [0.717, 1.165) is 41.9 Å². The number of alkyl halides is 3. The lowest BCUT2D eigenvalue weighted by Gasteiger charge is -2.15. The van der Waals surface area contributed by atoms with Crippen LogP contribution in [0.2, 0.25) is 0 Å². The van der Waals surface area contributed by atoms with Gasteiger partial charge < -0.3 is 10.4 Å². The number of aliphatic hydroxyl groups is 1. The van der Waals surface area contributed by atoms with E-state index in [0.29, 0.717) is 17.9 Å². The van der Waals surface area contributed by atoms with Gasteiger partial charge >= 0.3 is 6.18 Å². The zero-order valence-electron chi connectivity index (χ0n) is 22.1. The van der Waals surface area contributed by atoms with Crippen molar-refractivity contribution < 1.29 is 18.3 Å². The van der Waals surface area contributed by atoms with Crippen LogP contribution in [0.3, 0.4) is 0 Å². The highest BCUT2D eigenvalue weighted by atomic mass is 19.4. The molecule has 1 aromatic carbocycles. The van der Waals surface area contributed by atoms with Crippen LogP contribution >= 0.6 is 0 Å². The quantitative estimate of drug-likeness (QED) is 0.257. The fourth-order valence-electron chi connectivity index (χ4n) is 4.45. The molecule has 1 unspecified atom stereocenters. The van der Waals surface area contributed by atoms with Crippen molar-refractivity contribution in [1.29, 1.82) is 5.26 Å². The number of aliphatic hydroxyl groups excluding tert-OH is 1. The van der Waals surface area contributed by atoms with Crippen LogP contribution in [0.1, 0.15) is 60.4 Å². The van der Waals surface area contributed by atoms with Gasteiger partial charge in [0, 0.05) is 35.0 Å². The molecule has 0 saturated carbocycles. The number of rotatable bonds is 9. The molecule has 3 aromatic heterocycles. The van der Waals surface area contributed by atoms with Gasteiger partial charge in [0.25, 0.3) is 0 Å². The first-order valence-electron chi connectivity index (χ1n) is 12.5. The molecule has 2 N–H and O–H groups in total. The molecular weight excluding hydrogens is 509 g/mol. The number of aryl methyl sites for hydroxylation is 2. The second-order valence-electron chi connectivity index (χ2n) is 9.27. The van der Waals surface area contributed by atoms with E-state index < -0.39 is 12.3 Å². The van der Waals surface area contributed by atoms with Crippen molar-refractivity contribution in [2.24, 2.45) is 0 Å². The predicted octanol–water partition coefficient (Wildman–Crippen LogP) is 5.85. The highest BCUT2D eigenvalue weighted by molar-refractivity contribution is 5.71. The van der Waals surface area contributed by atoms with Gasteiger partial charge in [0.15, 0.2) is 11.9 Å². The Morgan fingerprint density at radius 3 is 2.44 bits per heavy atom. The minimum Gasteiger partial charge on any atom is -0.379 e. The van der Waals surface area contributed by atoms with E-state index in [9.17, 15) is 18.3 Å². The van der Waals surface area contributed by atoms with Gasteiger partial charge in [-0.05, 0) is 39.3 Å². The molecule has 39 heavy (non-hydrogen) atoms. The molecule has 0 radical (unpaired) electrons. The fourth-order valence-corrected chi connectivity index (χ4v) is 4.45. The number of benzene rings is 1.